The summed E-state index contributed by atoms with van der Waals surface area (Å²) in [5, 5.41) is 22.7. The summed E-state index contributed by atoms with van der Waals surface area (Å²) in [6.45, 7) is 0.428. The van der Waals surface area contributed by atoms with Crippen molar-refractivity contribution in [2.75, 3.05) is 5.32 Å². The summed E-state index contributed by atoms with van der Waals surface area (Å²) in [6.07, 6.45) is 0.244. The van der Waals surface area contributed by atoms with Gasteiger partial charge in [0.05, 0.1) is 11.2 Å². The number of fused-ring (bicyclic) bond motifs is 3. The highest BCUT2D eigenvalue weighted by molar-refractivity contribution is 6.25. The van der Waals surface area contributed by atoms with Crippen LogP contribution in [-0.4, -0.2) is 25.7 Å². The van der Waals surface area contributed by atoms with Crippen LogP contribution in [0.5, 0.6) is 5.75 Å². The molecule has 0 saturated heterocycles. The van der Waals surface area contributed by atoms with Crippen LogP contribution in [-0.2, 0) is 11.3 Å². The number of benzene rings is 2. The minimum Gasteiger partial charge on any atom is -0.511 e. The lowest BCUT2D eigenvalue weighted by Gasteiger charge is -2.18. The first-order valence-corrected chi connectivity index (χ1v) is 7.73. The maximum Gasteiger partial charge on any atom is 0.262 e. The van der Waals surface area contributed by atoms with Crippen molar-refractivity contribution in [2.24, 2.45) is 0 Å². The minimum absolute atomic E-state index is 0.00671. The van der Waals surface area contributed by atoms with Gasteiger partial charge in [-0.3, -0.25) is 4.79 Å². The molecule has 1 amide bonds. The molecule has 6 nitrogen and oxygen atoms in total. The number of nitrogens with one attached hydrogen (secondary N) is 1. The number of amides is 1. The molecule has 0 spiro atoms. The molecule has 2 heterocycles. The Morgan fingerprint density at radius 3 is 2.76 bits per heavy atom. The Labute approximate surface area is 141 Å². The number of nitrogens with zero attached hydrogens (tertiary/aromatic N) is 2. The normalized spacial score (nSPS) is 13.8. The molecule has 1 aliphatic heterocycles. The molecule has 3 aromatic rings. The molecule has 0 fully saturated rings. The molecule has 0 atom stereocenters. The largest absolute Gasteiger partial charge is 0.511 e. The van der Waals surface area contributed by atoms with E-state index in [1.807, 2.05) is 0 Å². The Kier molecular flexibility index (Phi) is 3.42. The Hall–Kier alpha value is -3.35. The van der Waals surface area contributed by atoms with Crippen molar-refractivity contribution in [1.82, 2.24) is 9.55 Å². The van der Waals surface area contributed by atoms with Crippen molar-refractivity contribution in [2.45, 2.75) is 13.0 Å². The molecule has 3 N–H and O–H groups in total. The zero-order valence-corrected chi connectivity index (χ0v) is 13.0. The summed E-state index contributed by atoms with van der Waals surface area (Å²) in [5.74, 6) is -1.10. The van der Waals surface area contributed by atoms with Crippen LogP contribution < -0.4 is 5.32 Å². The third-order valence-corrected chi connectivity index (χ3v) is 4.19. The number of aromatic hydroxyl groups is 1. The highest BCUT2D eigenvalue weighted by Gasteiger charge is 2.29. The monoisotopic (exact) mass is 339 g/mol. The van der Waals surface area contributed by atoms with Crippen LogP contribution in [0.4, 0.5) is 10.1 Å². The number of halogens is 1. The zero-order chi connectivity index (χ0) is 17.6. The van der Waals surface area contributed by atoms with Gasteiger partial charge in [0, 0.05) is 13.0 Å². The van der Waals surface area contributed by atoms with E-state index in [2.05, 4.69) is 10.3 Å². The van der Waals surface area contributed by atoms with Gasteiger partial charge in [0.25, 0.3) is 5.91 Å². The average Bonchev–Trinajstić information content (AvgIpc) is 2.96. The molecule has 0 saturated carbocycles. The van der Waals surface area contributed by atoms with E-state index in [0.29, 0.717) is 17.6 Å². The summed E-state index contributed by atoms with van der Waals surface area (Å²) in [6, 6.07) is 10.8. The lowest BCUT2D eigenvalue weighted by molar-refractivity contribution is -0.111. The van der Waals surface area contributed by atoms with Gasteiger partial charge in [-0.1, -0.05) is 18.2 Å². The number of aliphatic hydroxyl groups excluding tert-OH is 1. The molecule has 126 valence electrons. The van der Waals surface area contributed by atoms with Crippen LogP contribution in [0.1, 0.15) is 12.2 Å². The number of rotatable bonds is 2. The molecule has 4 rings (SSSR count). The SMILES string of the molecule is O=C(Nc1ccccc1F)C1=C(O)CCn2c1nc1c(O)cccc12. The van der Waals surface area contributed by atoms with E-state index in [1.165, 1.54) is 24.3 Å². The predicted molar refractivity (Wildman–Crippen MR) is 90.6 cm³/mol. The third kappa shape index (κ3) is 2.40. The summed E-state index contributed by atoms with van der Waals surface area (Å²) in [4.78, 5) is 17.0. The second-order valence-corrected chi connectivity index (χ2v) is 5.74. The molecule has 1 aromatic heterocycles. The maximum atomic E-state index is 13.8. The average molecular weight is 339 g/mol. The summed E-state index contributed by atoms with van der Waals surface area (Å²) >= 11 is 0. The first-order valence-electron chi connectivity index (χ1n) is 7.73. The smallest absolute Gasteiger partial charge is 0.262 e. The van der Waals surface area contributed by atoms with Gasteiger partial charge in [-0.2, -0.15) is 0 Å². The first kappa shape index (κ1) is 15.2. The fourth-order valence-corrected chi connectivity index (χ4v) is 3.00. The number of hydrogen-bond donors (Lipinski definition) is 3. The molecule has 2 aromatic carbocycles. The standard InChI is InChI=1S/C18H14FN3O3/c19-10-4-1-2-5-11(10)20-18(25)15-13(23)8-9-22-12-6-3-7-14(24)16(12)21-17(15)22/h1-7,23-24H,8-9H2,(H,20,25). The van der Waals surface area contributed by atoms with Crippen LogP contribution in [0.2, 0.25) is 0 Å². The molecular weight excluding hydrogens is 325 g/mol. The van der Waals surface area contributed by atoms with Crippen molar-refractivity contribution < 1.29 is 19.4 Å². The van der Waals surface area contributed by atoms with Crippen molar-refractivity contribution in [3.63, 3.8) is 0 Å². The number of aromatic nitrogens is 2. The van der Waals surface area contributed by atoms with E-state index >= 15 is 0 Å². The van der Waals surface area contributed by atoms with Gasteiger partial charge in [-0.15, -0.1) is 0 Å². The van der Waals surface area contributed by atoms with Crippen molar-refractivity contribution >= 4 is 28.2 Å². The van der Waals surface area contributed by atoms with Crippen LogP contribution in [0.15, 0.2) is 48.2 Å². The van der Waals surface area contributed by atoms with Gasteiger partial charge in [0.1, 0.15) is 34.2 Å². The van der Waals surface area contributed by atoms with E-state index in [0.717, 1.165) is 0 Å². The Morgan fingerprint density at radius 1 is 1.16 bits per heavy atom. The second kappa shape index (κ2) is 5.62. The van der Waals surface area contributed by atoms with Crippen molar-refractivity contribution in [1.29, 1.82) is 0 Å². The van der Waals surface area contributed by atoms with E-state index in [9.17, 15) is 19.4 Å². The van der Waals surface area contributed by atoms with Gasteiger partial charge in [-0.25, -0.2) is 9.37 Å². The zero-order valence-electron chi connectivity index (χ0n) is 13.0. The quantitative estimate of drug-likeness (QED) is 0.669. The summed E-state index contributed by atoms with van der Waals surface area (Å²) in [7, 11) is 0. The van der Waals surface area contributed by atoms with E-state index < -0.39 is 11.7 Å². The maximum absolute atomic E-state index is 13.8. The number of aliphatic hydroxyl groups is 1. The number of hydrogen-bond acceptors (Lipinski definition) is 4. The van der Waals surface area contributed by atoms with Crippen LogP contribution in [0.3, 0.4) is 0 Å². The number of para-hydroxylation sites is 2. The molecule has 0 aliphatic carbocycles. The Morgan fingerprint density at radius 2 is 1.96 bits per heavy atom. The predicted octanol–water partition coefficient (Wildman–Crippen LogP) is 3.19. The third-order valence-electron chi connectivity index (χ3n) is 4.19. The Bertz CT molecular complexity index is 1040. The highest BCUT2D eigenvalue weighted by Crippen LogP contribution is 2.33. The molecule has 1 aliphatic rings. The summed E-state index contributed by atoms with van der Waals surface area (Å²) < 4.78 is 15.5. The number of anilines is 1. The van der Waals surface area contributed by atoms with Gasteiger partial charge >= 0.3 is 0 Å². The topological polar surface area (TPSA) is 87.4 Å². The molecule has 0 bridgehead atoms. The van der Waals surface area contributed by atoms with Crippen LogP contribution in [0.25, 0.3) is 16.6 Å². The van der Waals surface area contributed by atoms with Gasteiger partial charge in [0.2, 0.25) is 0 Å². The Balaban J connectivity index is 1.80. The number of aryl methyl sites for hydroxylation is 1. The van der Waals surface area contributed by atoms with Gasteiger partial charge in [-0.05, 0) is 24.3 Å². The number of carbonyl (C=O) groups excluding carboxylic acids is 1. The molecule has 7 heteroatoms. The van der Waals surface area contributed by atoms with E-state index in [1.54, 1.807) is 22.8 Å². The van der Waals surface area contributed by atoms with E-state index in [4.69, 9.17) is 0 Å². The van der Waals surface area contributed by atoms with Crippen molar-refractivity contribution in [3.05, 3.63) is 59.9 Å². The fourth-order valence-electron chi connectivity index (χ4n) is 3.00. The number of carbonyl (C=O) groups is 1. The second-order valence-electron chi connectivity index (χ2n) is 5.74. The lowest BCUT2D eigenvalue weighted by Crippen LogP contribution is -2.22. The fraction of sp³-hybridized carbons (Fsp3) is 0.111. The number of allylic oxidation sites excluding steroid dienone is 1. The number of phenols is 1. The number of imidazole rings is 1. The lowest BCUT2D eigenvalue weighted by atomic mass is 10.1. The summed E-state index contributed by atoms with van der Waals surface area (Å²) in [5.41, 5.74) is 1.01. The van der Waals surface area contributed by atoms with E-state index in [-0.39, 0.29) is 35.0 Å². The molecule has 0 radical (unpaired) electrons. The number of phenolic OH excluding ortho intramolecular Hbond substituents is 1. The molecule has 0 unspecified atom stereocenters. The van der Waals surface area contributed by atoms with Gasteiger partial charge < -0.3 is 20.1 Å². The van der Waals surface area contributed by atoms with Crippen LogP contribution in [0, 0.1) is 5.82 Å². The molecular formula is C18H14FN3O3. The highest BCUT2D eigenvalue weighted by atomic mass is 19.1. The van der Waals surface area contributed by atoms with Crippen LogP contribution >= 0.6 is 0 Å². The minimum atomic E-state index is -0.654. The first-order chi connectivity index (χ1) is 12.1. The van der Waals surface area contributed by atoms with Crippen molar-refractivity contribution in [3.8, 4) is 5.75 Å². The molecule has 25 heavy (non-hydrogen) atoms. The van der Waals surface area contributed by atoms with Gasteiger partial charge in [0.15, 0.2) is 0 Å².